The molecular weight excluding hydrogens is 1120 g/mol. The van der Waals surface area contributed by atoms with Gasteiger partial charge in [0.1, 0.15) is 5.82 Å². The second-order valence-corrected chi connectivity index (χ2v) is 23.0. The zero-order chi connectivity index (χ0) is 52.4. The van der Waals surface area contributed by atoms with Gasteiger partial charge in [-0.05, 0) is 110 Å². The fourth-order valence-electron chi connectivity index (χ4n) is 11.1. The quantitative estimate of drug-likeness (QED) is 0.114. The molecule has 3 heterocycles. The maximum Gasteiger partial charge on any atom is 4.00 e. The van der Waals surface area contributed by atoms with Gasteiger partial charge in [0, 0.05) is 51.1 Å². The van der Waals surface area contributed by atoms with Crippen molar-refractivity contribution < 1.29 is 25.8 Å². The number of pyridine rings is 1. The third-order valence-corrected chi connectivity index (χ3v) is 15.6. The molecule has 0 radical (unpaired) electrons. The molecule has 0 aliphatic carbocycles. The van der Waals surface area contributed by atoms with Crippen molar-refractivity contribution in [3.05, 3.63) is 253 Å². The van der Waals surface area contributed by atoms with Gasteiger partial charge >= 0.3 is 21.1 Å². The summed E-state index contributed by atoms with van der Waals surface area (Å²) in [4.78, 5) is 9.59. The third kappa shape index (κ3) is 10.2. The molecule has 10 aromatic rings. The van der Waals surface area contributed by atoms with E-state index in [0.29, 0.717) is 11.5 Å². The van der Waals surface area contributed by atoms with Crippen LogP contribution in [0.1, 0.15) is 127 Å². The van der Waals surface area contributed by atoms with Crippen LogP contribution in [0.3, 0.4) is 0 Å². The molecule has 0 N–H and O–H groups in total. The number of aromatic nitrogens is 2. The van der Waals surface area contributed by atoms with E-state index in [2.05, 4.69) is 285 Å². The van der Waals surface area contributed by atoms with Gasteiger partial charge in [0.15, 0.2) is 0 Å². The minimum absolute atomic E-state index is 0. The van der Waals surface area contributed by atoms with E-state index in [9.17, 15) is 0 Å². The summed E-state index contributed by atoms with van der Waals surface area (Å²) in [5, 5.41) is 2.22. The SMILES string of the molecule is CC(C)c1cccc(C(C)C)c1-c1cc(Oc2[c-]c3c(cc2)c2ccccc2n3-c2cc(C(C)(C)C)ccn2)[c-]c(N2[CH-]N(c3cc(C(C)(C)c4ccccc4)cc(C(C)(C)c4ccccc4)c3)c3ccccc32)c1.[CH3-].[Pt+4]. The minimum Gasteiger partial charge on any atom is -0.509 e. The zero-order valence-corrected chi connectivity index (χ0v) is 48.9. The number of para-hydroxylation sites is 3. The van der Waals surface area contributed by atoms with E-state index in [4.69, 9.17) is 9.72 Å². The molecule has 0 fully saturated rings. The molecule has 1 aliphatic rings. The van der Waals surface area contributed by atoms with Crippen molar-refractivity contribution in [2.24, 2.45) is 0 Å². The molecule has 6 heteroatoms. The van der Waals surface area contributed by atoms with E-state index in [1.165, 1.54) is 44.5 Å². The van der Waals surface area contributed by atoms with Crippen LogP contribution in [0.2, 0.25) is 0 Å². The second-order valence-electron chi connectivity index (χ2n) is 23.0. The number of hydrogen-bond acceptors (Lipinski definition) is 4. The average Bonchev–Trinajstić information content (AvgIpc) is 3.99. The largest absolute Gasteiger partial charge is 4.00 e. The molecule has 11 rings (SSSR count). The van der Waals surface area contributed by atoms with Crippen LogP contribution in [0.5, 0.6) is 11.5 Å². The molecule has 0 saturated heterocycles. The number of ether oxygens (including phenoxy) is 1. The maximum absolute atomic E-state index is 7.11. The molecule has 2 aromatic heterocycles. The first-order valence-corrected chi connectivity index (χ1v) is 26.6. The van der Waals surface area contributed by atoms with Crippen molar-refractivity contribution >= 4 is 44.6 Å². The predicted octanol–water partition coefficient (Wildman–Crippen LogP) is 19.3. The monoisotopic (exact) mass is 1190 g/mol. The third-order valence-electron chi connectivity index (χ3n) is 15.6. The van der Waals surface area contributed by atoms with E-state index >= 15 is 0 Å². The molecule has 77 heavy (non-hydrogen) atoms. The summed E-state index contributed by atoms with van der Waals surface area (Å²) in [6, 6.07) is 73.5. The molecule has 0 bridgehead atoms. The van der Waals surface area contributed by atoms with Gasteiger partial charge in [-0.25, -0.2) is 4.98 Å². The van der Waals surface area contributed by atoms with Crippen molar-refractivity contribution in [2.45, 2.75) is 104 Å². The number of rotatable bonds is 12. The molecule has 8 aromatic carbocycles. The van der Waals surface area contributed by atoms with Crippen molar-refractivity contribution in [1.82, 2.24) is 9.55 Å². The number of fused-ring (bicyclic) bond motifs is 4. The summed E-state index contributed by atoms with van der Waals surface area (Å²) in [6.45, 7) is 27.5. The van der Waals surface area contributed by atoms with Gasteiger partial charge in [-0.2, -0.15) is 6.07 Å². The Labute approximate surface area is 472 Å². The summed E-state index contributed by atoms with van der Waals surface area (Å²) in [6.07, 6.45) is 1.92. The van der Waals surface area contributed by atoms with Crippen LogP contribution in [0, 0.1) is 26.2 Å². The molecule has 0 saturated carbocycles. The smallest absolute Gasteiger partial charge is 0.509 e. The van der Waals surface area contributed by atoms with Crippen molar-refractivity contribution in [1.29, 1.82) is 0 Å². The van der Waals surface area contributed by atoms with Crippen LogP contribution in [0.25, 0.3) is 38.8 Å². The van der Waals surface area contributed by atoms with Crippen LogP contribution in [-0.2, 0) is 37.3 Å². The van der Waals surface area contributed by atoms with Gasteiger partial charge in [-0.15, -0.1) is 53.6 Å². The Hall–Kier alpha value is -7.20. The van der Waals surface area contributed by atoms with Gasteiger partial charge in [0.05, 0.1) is 0 Å². The van der Waals surface area contributed by atoms with E-state index in [0.717, 1.165) is 55.9 Å². The van der Waals surface area contributed by atoms with E-state index in [-0.39, 0.29) is 56.6 Å². The van der Waals surface area contributed by atoms with E-state index < -0.39 is 0 Å². The predicted molar refractivity (Wildman–Crippen MR) is 320 cm³/mol. The Bertz CT molecular complexity index is 3640. The van der Waals surface area contributed by atoms with Crippen molar-refractivity contribution in [3.8, 4) is 28.4 Å². The molecule has 0 amide bonds. The van der Waals surface area contributed by atoms with Crippen molar-refractivity contribution in [3.63, 3.8) is 0 Å². The number of nitrogens with zero attached hydrogens (tertiary/aromatic N) is 4. The van der Waals surface area contributed by atoms with Gasteiger partial charge < -0.3 is 26.5 Å². The normalized spacial score (nSPS) is 12.8. The number of anilines is 4. The van der Waals surface area contributed by atoms with Gasteiger partial charge in [0.25, 0.3) is 0 Å². The van der Waals surface area contributed by atoms with Crippen LogP contribution in [-0.4, -0.2) is 9.55 Å². The first-order valence-electron chi connectivity index (χ1n) is 26.6. The van der Waals surface area contributed by atoms with Gasteiger partial charge in [-0.1, -0.05) is 197 Å². The summed E-state index contributed by atoms with van der Waals surface area (Å²) in [5.41, 5.74) is 16.6. The Morgan fingerprint density at radius 3 is 1.68 bits per heavy atom. The first-order chi connectivity index (χ1) is 36.0. The maximum atomic E-state index is 7.11. The summed E-state index contributed by atoms with van der Waals surface area (Å²) in [5.74, 6) is 2.62. The summed E-state index contributed by atoms with van der Waals surface area (Å²) >= 11 is 0. The van der Waals surface area contributed by atoms with Crippen LogP contribution in [0.4, 0.5) is 22.7 Å². The van der Waals surface area contributed by atoms with E-state index in [1.807, 2.05) is 12.3 Å². The first kappa shape index (κ1) is 54.6. The van der Waals surface area contributed by atoms with Crippen LogP contribution < -0.4 is 14.5 Å². The Morgan fingerprint density at radius 2 is 1.08 bits per heavy atom. The average molecular weight is 1190 g/mol. The molecule has 0 spiro atoms. The second kappa shape index (κ2) is 21.3. The topological polar surface area (TPSA) is 33.5 Å². The number of benzene rings is 8. The molecule has 1 aliphatic heterocycles. The van der Waals surface area contributed by atoms with E-state index in [1.54, 1.807) is 0 Å². The molecule has 0 unspecified atom stereocenters. The van der Waals surface area contributed by atoms with Crippen LogP contribution in [0.15, 0.2) is 188 Å². The minimum atomic E-state index is -0.286. The van der Waals surface area contributed by atoms with Gasteiger partial charge in [-0.3, -0.25) is 0 Å². The Kier molecular flexibility index (Phi) is 15.1. The summed E-state index contributed by atoms with van der Waals surface area (Å²) < 4.78 is 9.33. The number of hydrogen-bond donors (Lipinski definition) is 0. The fraction of sp³-hybridized carbons (Fsp3) is 0.225. The molecule has 5 nitrogen and oxygen atoms in total. The Morgan fingerprint density at radius 1 is 0.506 bits per heavy atom. The van der Waals surface area contributed by atoms with Crippen LogP contribution >= 0.6 is 0 Å². The molecule has 390 valence electrons. The van der Waals surface area contributed by atoms with Gasteiger partial charge in [0.2, 0.25) is 0 Å². The Balaban J connectivity index is 0.00000361. The zero-order valence-electron chi connectivity index (χ0n) is 46.6. The molecular formula is C71H70N4OPt. The molecule has 0 atom stereocenters. The fourth-order valence-corrected chi connectivity index (χ4v) is 11.1. The summed E-state index contributed by atoms with van der Waals surface area (Å²) in [7, 11) is 0. The van der Waals surface area contributed by atoms with Crippen molar-refractivity contribution in [2.75, 3.05) is 9.80 Å². The standard InChI is InChI=1S/C70H67N4O.CH3.Pt/c1-46(2)58-28-22-29-59(47(3)4)67(58)48-37-54(43-57(38-48)75-56-33-34-61-60-27-18-19-30-62(60)74(65(61)44-56)66-42-51(35-36-71-66)68(5,6)7)72-45-73(64-32-21-20-31-63(64)72)55-40-52(69(8,9)49-23-14-12-15-24-49)39-53(41-55)70(10,11)50-25-16-13-17-26-50;;/h12-42,45-47H,1-11H3;1H3;/q-3;-1;+4.